The van der Waals surface area contributed by atoms with Crippen molar-refractivity contribution in [3.8, 4) is 5.75 Å². The number of nitrogens with zero attached hydrogens (tertiary/aromatic N) is 1. The highest BCUT2D eigenvalue weighted by Crippen LogP contribution is 2.71. The number of aryl methyl sites for hydroxylation is 2. The summed E-state index contributed by atoms with van der Waals surface area (Å²) in [6, 6.07) is 17.2. The van der Waals surface area contributed by atoms with Crippen LogP contribution in [0.3, 0.4) is 0 Å². The number of amides is 1. The van der Waals surface area contributed by atoms with Crippen LogP contribution in [0.2, 0.25) is 0 Å². The first-order valence-electron chi connectivity index (χ1n) is 15.9. The SMILES string of the molecule is COC(=O)C1=C(C(=O)OC)SC2(S1)C(C(=O)OC)=C(C(=O)OC)SC1=C2c2cc(C)c(C)cc2N(C(=O)COc2ccc3ccccc3c2)C1(C)C. The summed E-state index contributed by atoms with van der Waals surface area (Å²) in [4.78, 5) is 70.4. The molecule has 0 radical (unpaired) electrons. The Labute approximate surface area is 313 Å². The number of hydrogen-bond acceptors (Lipinski definition) is 13. The molecule has 0 fully saturated rings. The fourth-order valence-corrected chi connectivity index (χ4v) is 11.5. The molecular weight excluding hydrogens is 727 g/mol. The summed E-state index contributed by atoms with van der Waals surface area (Å²) in [5.74, 6) is -3.25. The number of fused-ring (bicyclic) bond motifs is 4. The van der Waals surface area contributed by atoms with Gasteiger partial charge in [0.15, 0.2) is 6.61 Å². The Morgan fingerprint density at radius 1 is 0.692 bits per heavy atom. The number of carbonyl (C=O) groups is 5. The van der Waals surface area contributed by atoms with Gasteiger partial charge in [0.1, 0.15) is 24.5 Å². The van der Waals surface area contributed by atoms with Gasteiger partial charge in [-0.3, -0.25) is 9.69 Å². The number of carbonyl (C=O) groups excluding carboxylic acids is 5. The van der Waals surface area contributed by atoms with E-state index in [2.05, 4.69) is 0 Å². The molecule has 0 aliphatic carbocycles. The highest BCUT2D eigenvalue weighted by atomic mass is 32.2. The van der Waals surface area contributed by atoms with Crippen LogP contribution >= 0.6 is 35.3 Å². The van der Waals surface area contributed by atoms with Crippen LogP contribution in [-0.4, -0.2) is 74.4 Å². The van der Waals surface area contributed by atoms with Gasteiger partial charge < -0.3 is 23.7 Å². The maximum atomic E-state index is 14.5. The smallest absolute Gasteiger partial charge is 0.345 e. The standard InChI is InChI=1S/C38H35NO10S3/c1-19-15-24-25(16-20(19)2)39(26(40)18-49-23-14-13-21-11-9-10-12-22(21)17-23)37(3,4)32-27(24)38(28(33(41)45-5)29(50-32)34(42)46-6)51-30(35(43)47-7)31(52-38)36(44)48-8/h9-17H,18H2,1-8H3. The molecule has 6 rings (SSSR count). The van der Waals surface area contributed by atoms with Crippen LogP contribution in [0.1, 0.15) is 30.5 Å². The van der Waals surface area contributed by atoms with Gasteiger partial charge in [-0.2, -0.15) is 0 Å². The lowest BCUT2D eigenvalue weighted by molar-refractivity contribution is -0.138. The van der Waals surface area contributed by atoms with Gasteiger partial charge in [0.25, 0.3) is 5.91 Å². The van der Waals surface area contributed by atoms with Crippen molar-refractivity contribution in [2.75, 3.05) is 39.9 Å². The summed E-state index contributed by atoms with van der Waals surface area (Å²) in [7, 11) is 4.71. The molecule has 11 nitrogen and oxygen atoms in total. The van der Waals surface area contributed by atoms with Gasteiger partial charge in [-0.25, -0.2) is 19.2 Å². The zero-order valence-corrected chi connectivity index (χ0v) is 32.1. The molecule has 0 N–H and O–H groups in total. The molecule has 3 aliphatic heterocycles. The summed E-state index contributed by atoms with van der Waals surface area (Å²) >= 11 is 2.74. The van der Waals surface area contributed by atoms with Crippen LogP contribution in [0.5, 0.6) is 5.75 Å². The van der Waals surface area contributed by atoms with E-state index in [0.29, 0.717) is 27.5 Å². The van der Waals surface area contributed by atoms with Gasteiger partial charge in [0.2, 0.25) is 0 Å². The molecular formula is C38H35NO10S3. The van der Waals surface area contributed by atoms with Crippen molar-refractivity contribution >= 4 is 87.1 Å². The number of thioether (sulfide) groups is 3. The lowest BCUT2D eigenvalue weighted by Gasteiger charge is -2.50. The van der Waals surface area contributed by atoms with Gasteiger partial charge >= 0.3 is 23.9 Å². The van der Waals surface area contributed by atoms with E-state index < -0.39 is 33.5 Å². The number of anilines is 1. The average molecular weight is 762 g/mol. The Kier molecular flexibility index (Phi) is 10.0. The molecule has 1 amide bonds. The summed E-state index contributed by atoms with van der Waals surface area (Å²) < 4.78 is 25.0. The molecule has 0 saturated heterocycles. The van der Waals surface area contributed by atoms with E-state index in [1.807, 2.05) is 76.2 Å². The van der Waals surface area contributed by atoms with E-state index in [1.54, 1.807) is 11.0 Å². The van der Waals surface area contributed by atoms with Crippen LogP contribution in [0.25, 0.3) is 16.3 Å². The van der Waals surface area contributed by atoms with Gasteiger partial charge in [0, 0.05) is 16.0 Å². The monoisotopic (exact) mass is 761 g/mol. The molecule has 1 spiro atoms. The summed E-state index contributed by atoms with van der Waals surface area (Å²) in [5, 5.41) is 1.99. The maximum absolute atomic E-state index is 14.5. The Hall–Kier alpha value is -4.66. The lowest BCUT2D eigenvalue weighted by Crippen LogP contribution is -2.55. The van der Waals surface area contributed by atoms with Crippen molar-refractivity contribution in [3.05, 3.63) is 96.5 Å². The minimum absolute atomic E-state index is 0.116. The fraction of sp³-hybridized carbons (Fsp3) is 0.289. The second kappa shape index (κ2) is 14.1. The molecule has 0 atom stereocenters. The molecule has 3 aliphatic rings. The van der Waals surface area contributed by atoms with E-state index in [9.17, 15) is 24.0 Å². The molecule has 3 heterocycles. The van der Waals surface area contributed by atoms with Crippen molar-refractivity contribution in [1.29, 1.82) is 0 Å². The van der Waals surface area contributed by atoms with Crippen molar-refractivity contribution < 1.29 is 47.7 Å². The zero-order chi connectivity index (χ0) is 37.7. The van der Waals surface area contributed by atoms with Crippen molar-refractivity contribution in [2.45, 2.75) is 37.3 Å². The van der Waals surface area contributed by atoms with E-state index in [1.165, 1.54) is 28.4 Å². The van der Waals surface area contributed by atoms with Crippen LogP contribution in [-0.2, 0) is 42.9 Å². The quantitative estimate of drug-likeness (QED) is 0.193. The highest BCUT2D eigenvalue weighted by molar-refractivity contribution is 8.26. The number of esters is 4. The molecule has 0 saturated carbocycles. The number of rotatable bonds is 7. The maximum Gasteiger partial charge on any atom is 0.345 e. The zero-order valence-electron chi connectivity index (χ0n) is 29.7. The predicted molar refractivity (Wildman–Crippen MR) is 201 cm³/mol. The van der Waals surface area contributed by atoms with Gasteiger partial charge in [-0.1, -0.05) is 65.6 Å². The van der Waals surface area contributed by atoms with Crippen LogP contribution in [0.15, 0.2) is 79.8 Å². The Bertz CT molecular complexity index is 2160. The summed E-state index contributed by atoms with van der Waals surface area (Å²) in [6.45, 7) is 7.17. The van der Waals surface area contributed by atoms with Gasteiger partial charge in [0.05, 0.1) is 45.2 Å². The Morgan fingerprint density at radius 2 is 1.25 bits per heavy atom. The first kappa shape index (κ1) is 37.1. The molecule has 14 heteroatoms. The van der Waals surface area contributed by atoms with Gasteiger partial charge in [-0.15, -0.1) is 0 Å². The minimum Gasteiger partial charge on any atom is -0.484 e. The van der Waals surface area contributed by atoms with E-state index in [0.717, 1.165) is 57.2 Å². The topological polar surface area (TPSA) is 135 Å². The Balaban J connectivity index is 1.57. The summed E-state index contributed by atoms with van der Waals surface area (Å²) in [6.07, 6.45) is 0. The number of methoxy groups -OCH3 is 4. The third-order valence-electron chi connectivity index (χ3n) is 9.09. The van der Waals surface area contributed by atoms with Crippen molar-refractivity contribution in [2.24, 2.45) is 0 Å². The highest BCUT2D eigenvalue weighted by Gasteiger charge is 2.62. The number of hydrogen-bond donors (Lipinski definition) is 0. The normalized spacial score (nSPS) is 17.1. The van der Waals surface area contributed by atoms with Crippen molar-refractivity contribution in [3.63, 3.8) is 0 Å². The van der Waals surface area contributed by atoms with Crippen LogP contribution in [0.4, 0.5) is 5.69 Å². The van der Waals surface area contributed by atoms with E-state index >= 15 is 0 Å². The predicted octanol–water partition coefficient (Wildman–Crippen LogP) is 6.45. The third kappa shape index (κ3) is 5.96. The summed E-state index contributed by atoms with van der Waals surface area (Å²) in [5.41, 5.74) is 1.99. The number of ether oxygens (including phenoxy) is 5. The lowest BCUT2D eigenvalue weighted by atomic mass is 9.82. The average Bonchev–Trinajstić information content (AvgIpc) is 3.53. The molecule has 0 unspecified atom stereocenters. The molecule has 3 aromatic rings. The van der Waals surface area contributed by atoms with E-state index in [-0.39, 0.29) is 32.8 Å². The molecule has 52 heavy (non-hydrogen) atoms. The minimum atomic E-state index is -1.67. The second-order valence-corrected chi connectivity index (χ2v) is 16.2. The first-order valence-corrected chi connectivity index (χ1v) is 18.4. The number of benzene rings is 3. The second-order valence-electron chi connectivity index (χ2n) is 12.5. The Morgan fingerprint density at radius 3 is 1.85 bits per heavy atom. The molecule has 0 aromatic heterocycles. The fourth-order valence-electron chi connectivity index (χ4n) is 6.48. The largest absolute Gasteiger partial charge is 0.484 e. The van der Waals surface area contributed by atoms with Crippen molar-refractivity contribution in [1.82, 2.24) is 0 Å². The molecule has 3 aromatic carbocycles. The third-order valence-corrected chi connectivity index (χ3v) is 13.7. The first-order chi connectivity index (χ1) is 24.7. The van der Waals surface area contributed by atoms with Gasteiger partial charge in [-0.05, 0) is 73.9 Å². The molecule has 270 valence electrons. The van der Waals surface area contributed by atoms with Crippen LogP contribution in [0, 0.1) is 13.8 Å². The molecule has 0 bridgehead atoms. The van der Waals surface area contributed by atoms with E-state index in [4.69, 9.17) is 23.7 Å². The van der Waals surface area contributed by atoms with Crippen LogP contribution < -0.4 is 9.64 Å².